The number of aromatic nitrogens is 3. The van der Waals surface area contributed by atoms with E-state index in [0.717, 1.165) is 34.6 Å². The number of hydrogen-bond acceptors (Lipinski definition) is 4. The number of rotatable bonds is 2. The molecule has 0 saturated carbocycles. The van der Waals surface area contributed by atoms with Gasteiger partial charge in [-0.1, -0.05) is 6.07 Å². The van der Waals surface area contributed by atoms with Crippen LogP contribution in [0.4, 0.5) is 0 Å². The number of nitrogens with zero attached hydrogens (tertiary/aromatic N) is 2. The molecule has 20 heavy (non-hydrogen) atoms. The maximum Gasteiger partial charge on any atom is 0.192 e. The summed E-state index contributed by atoms with van der Waals surface area (Å²) in [5.41, 5.74) is 4.85. The van der Waals surface area contributed by atoms with E-state index in [2.05, 4.69) is 26.6 Å². The zero-order chi connectivity index (χ0) is 13.5. The molecule has 1 saturated heterocycles. The second kappa shape index (κ2) is 4.45. The molecular weight excluding hydrogens is 252 g/mol. The average molecular weight is 268 g/mol. The summed E-state index contributed by atoms with van der Waals surface area (Å²) in [5, 5.41) is 11.0. The molecule has 0 amide bonds. The number of aromatic amines is 1. The highest BCUT2D eigenvalue weighted by Crippen LogP contribution is 2.27. The molecule has 102 valence electrons. The third kappa shape index (κ3) is 1.91. The lowest BCUT2D eigenvalue weighted by atomic mass is 10.1. The molecule has 3 heterocycles. The van der Waals surface area contributed by atoms with Crippen LogP contribution < -0.4 is 5.32 Å². The highest BCUT2D eigenvalue weighted by Gasteiger charge is 2.18. The predicted octanol–water partition coefficient (Wildman–Crippen LogP) is 2.95. The molecule has 4 rings (SSSR count). The van der Waals surface area contributed by atoms with Gasteiger partial charge in [0.25, 0.3) is 0 Å². The average Bonchev–Trinajstić information content (AvgIpc) is 3.17. The molecule has 1 atom stereocenters. The van der Waals surface area contributed by atoms with Crippen LogP contribution in [0, 0.1) is 6.92 Å². The number of nitrogens with one attached hydrogen (secondary N) is 2. The van der Waals surface area contributed by atoms with Gasteiger partial charge < -0.3 is 9.73 Å². The topological polar surface area (TPSA) is 66.7 Å². The van der Waals surface area contributed by atoms with Crippen molar-refractivity contribution in [2.24, 2.45) is 0 Å². The van der Waals surface area contributed by atoms with E-state index in [1.807, 2.05) is 25.1 Å². The van der Waals surface area contributed by atoms with Gasteiger partial charge in [-0.15, -0.1) is 0 Å². The van der Waals surface area contributed by atoms with E-state index in [0.29, 0.717) is 11.9 Å². The lowest BCUT2D eigenvalue weighted by Gasteiger charge is -2.05. The molecule has 1 unspecified atom stereocenters. The van der Waals surface area contributed by atoms with Gasteiger partial charge in [-0.05, 0) is 37.6 Å². The van der Waals surface area contributed by atoms with Crippen molar-refractivity contribution in [3.05, 3.63) is 35.9 Å². The Morgan fingerprint density at radius 2 is 2.25 bits per heavy atom. The first-order valence-electron chi connectivity index (χ1n) is 6.96. The Morgan fingerprint density at radius 3 is 3.10 bits per heavy atom. The van der Waals surface area contributed by atoms with Gasteiger partial charge in [0.2, 0.25) is 0 Å². The molecule has 2 N–H and O–H groups in total. The second-order valence-electron chi connectivity index (χ2n) is 5.27. The summed E-state index contributed by atoms with van der Waals surface area (Å²) < 4.78 is 5.58. The van der Waals surface area contributed by atoms with Crippen molar-refractivity contribution in [3.63, 3.8) is 0 Å². The van der Waals surface area contributed by atoms with Crippen molar-refractivity contribution >= 4 is 11.1 Å². The first-order valence-corrected chi connectivity index (χ1v) is 6.96. The molecule has 1 fully saturated rings. The SMILES string of the molecule is Cc1nc2ccc(-c3cc(C4CCCN4)[nH]n3)cc2o1. The predicted molar refractivity (Wildman–Crippen MR) is 76.3 cm³/mol. The van der Waals surface area contributed by atoms with E-state index in [9.17, 15) is 0 Å². The van der Waals surface area contributed by atoms with Crippen molar-refractivity contribution in [2.45, 2.75) is 25.8 Å². The van der Waals surface area contributed by atoms with E-state index in [4.69, 9.17) is 4.42 Å². The van der Waals surface area contributed by atoms with E-state index in [1.54, 1.807) is 0 Å². The minimum absolute atomic E-state index is 0.410. The Kier molecular flexibility index (Phi) is 2.60. The Bertz CT molecular complexity index is 752. The van der Waals surface area contributed by atoms with Gasteiger partial charge in [0.15, 0.2) is 11.5 Å². The van der Waals surface area contributed by atoms with Gasteiger partial charge in [0, 0.05) is 18.5 Å². The minimum atomic E-state index is 0.410. The van der Waals surface area contributed by atoms with E-state index in [1.165, 1.54) is 12.8 Å². The normalized spacial score (nSPS) is 18.9. The number of oxazole rings is 1. The lowest BCUT2D eigenvalue weighted by molar-refractivity contribution is 0.561. The van der Waals surface area contributed by atoms with Gasteiger partial charge >= 0.3 is 0 Å². The van der Waals surface area contributed by atoms with Crippen LogP contribution in [0.25, 0.3) is 22.4 Å². The first-order chi connectivity index (χ1) is 9.79. The lowest BCUT2D eigenvalue weighted by Crippen LogP contribution is -2.12. The first kappa shape index (κ1) is 11.7. The molecule has 3 aromatic rings. The highest BCUT2D eigenvalue weighted by molar-refractivity contribution is 5.79. The third-order valence-electron chi connectivity index (χ3n) is 3.82. The Morgan fingerprint density at radius 1 is 1.30 bits per heavy atom. The largest absolute Gasteiger partial charge is 0.441 e. The molecule has 1 aliphatic rings. The fourth-order valence-corrected chi connectivity index (χ4v) is 2.81. The monoisotopic (exact) mass is 268 g/mol. The van der Waals surface area contributed by atoms with E-state index in [-0.39, 0.29) is 0 Å². The number of fused-ring (bicyclic) bond motifs is 1. The van der Waals surface area contributed by atoms with Crippen LogP contribution in [-0.4, -0.2) is 21.7 Å². The molecule has 5 nitrogen and oxygen atoms in total. The van der Waals surface area contributed by atoms with Crippen LogP contribution in [0.15, 0.2) is 28.7 Å². The minimum Gasteiger partial charge on any atom is -0.441 e. The van der Waals surface area contributed by atoms with Crippen molar-refractivity contribution < 1.29 is 4.42 Å². The number of aryl methyl sites for hydroxylation is 1. The summed E-state index contributed by atoms with van der Waals surface area (Å²) in [7, 11) is 0. The standard InChI is InChI=1S/C15H16N4O/c1-9-17-12-5-4-10(7-15(12)20-9)13-8-14(19-18-13)11-3-2-6-16-11/h4-5,7-8,11,16H,2-3,6H2,1H3,(H,18,19). The fourth-order valence-electron chi connectivity index (χ4n) is 2.81. The van der Waals surface area contributed by atoms with Crippen molar-refractivity contribution in [3.8, 4) is 11.3 Å². The van der Waals surface area contributed by atoms with Crippen LogP contribution in [0.2, 0.25) is 0 Å². The molecule has 1 aromatic carbocycles. The van der Waals surface area contributed by atoms with Crippen molar-refractivity contribution in [2.75, 3.05) is 6.54 Å². The van der Waals surface area contributed by atoms with Gasteiger partial charge in [-0.3, -0.25) is 5.10 Å². The zero-order valence-corrected chi connectivity index (χ0v) is 11.3. The quantitative estimate of drug-likeness (QED) is 0.750. The Labute approximate surface area is 116 Å². The summed E-state index contributed by atoms with van der Waals surface area (Å²) in [6.07, 6.45) is 2.39. The van der Waals surface area contributed by atoms with Gasteiger partial charge in [-0.25, -0.2) is 4.98 Å². The highest BCUT2D eigenvalue weighted by atomic mass is 16.3. The van der Waals surface area contributed by atoms with Crippen LogP contribution in [0.1, 0.15) is 30.5 Å². The van der Waals surface area contributed by atoms with Crippen LogP contribution in [-0.2, 0) is 0 Å². The van der Waals surface area contributed by atoms with Crippen LogP contribution in [0.3, 0.4) is 0 Å². The number of H-pyrrole nitrogens is 1. The summed E-state index contributed by atoms with van der Waals surface area (Å²) in [6, 6.07) is 8.54. The van der Waals surface area contributed by atoms with Crippen LogP contribution >= 0.6 is 0 Å². The summed E-state index contributed by atoms with van der Waals surface area (Å²) in [5.74, 6) is 0.690. The maximum atomic E-state index is 5.58. The summed E-state index contributed by atoms with van der Waals surface area (Å²) in [6.45, 7) is 2.94. The van der Waals surface area contributed by atoms with Gasteiger partial charge in [0.05, 0.1) is 11.4 Å². The fraction of sp³-hybridized carbons (Fsp3) is 0.333. The zero-order valence-electron chi connectivity index (χ0n) is 11.3. The second-order valence-corrected chi connectivity index (χ2v) is 5.27. The van der Waals surface area contributed by atoms with Gasteiger partial charge in [-0.2, -0.15) is 5.10 Å². The van der Waals surface area contributed by atoms with E-state index >= 15 is 0 Å². The van der Waals surface area contributed by atoms with Crippen molar-refractivity contribution in [1.82, 2.24) is 20.5 Å². The molecule has 5 heteroatoms. The van der Waals surface area contributed by atoms with Crippen molar-refractivity contribution in [1.29, 1.82) is 0 Å². The molecule has 0 radical (unpaired) electrons. The Hall–Kier alpha value is -2.14. The number of hydrogen-bond donors (Lipinski definition) is 2. The molecule has 0 spiro atoms. The molecule has 2 aromatic heterocycles. The Balaban J connectivity index is 1.71. The summed E-state index contributed by atoms with van der Waals surface area (Å²) >= 11 is 0. The van der Waals surface area contributed by atoms with E-state index < -0.39 is 0 Å². The smallest absolute Gasteiger partial charge is 0.192 e. The molecular formula is C15H16N4O. The third-order valence-corrected chi connectivity index (χ3v) is 3.82. The summed E-state index contributed by atoms with van der Waals surface area (Å²) in [4.78, 5) is 4.31. The molecule has 1 aliphatic heterocycles. The maximum absolute atomic E-state index is 5.58. The molecule has 0 bridgehead atoms. The van der Waals surface area contributed by atoms with Gasteiger partial charge in [0.1, 0.15) is 5.52 Å². The number of benzene rings is 1. The van der Waals surface area contributed by atoms with Crippen LogP contribution in [0.5, 0.6) is 0 Å². The molecule has 0 aliphatic carbocycles.